The van der Waals surface area contributed by atoms with E-state index in [1.165, 1.54) is 36.2 Å². The minimum Gasteiger partial charge on any atom is -0.341 e. The van der Waals surface area contributed by atoms with Gasteiger partial charge < -0.3 is 10.2 Å². The number of fused-ring (bicyclic) bond motifs is 1. The van der Waals surface area contributed by atoms with E-state index in [4.69, 9.17) is 9.97 Å². The Hall–Kier alpha value is -1.16. The normalized spacial score (nSPS) is 18.8. The van der Waals surface area contributed by atoms with Gasteiger partial charge in [0, 0.05) is 44.1 Å². The Morgan fingerprint density at radius 2 is 2.00 bits per heavy atom. The molecule has 1 N–H and O–H groups in total. The SMILES string of the molecule is CCN(CC)c1nc2c(c(C3CCC3)n1)CNCC2. The number of nitrogens with one attached hydrogen (secondary N) is 1. The fourth-order valence-electron chi connectivity index (χ4n) is 3.02. The molecule has 1 fully saturated rings. The predicted molar refractivity (Wildman–Crippen MR) is 77.6 cm³/mol. The summed E-state index contributed by atoms with van der Waals surface area (Å²) in [5, 5.41) is 3.47. The standard InChI is InChI=1S/C15H24N4/c1-3-19(4-2)15-17-13-8-9-16-10-12(13)14(18-15)11-6-5-7-11/h11,16H,3-10H2,1-2H3. The molecule has 1 aromatic rings. The first-order valence-corrected chi connectivity index (χ1v) is 7.68. The third kappa shape index (κ3) is 2.34. The van der Waals surface area contributed by atoms with Crippen LogP contribution in [-0.4, -0.2) is 29.6 Å². The van der Waals surface area contributed by atoms with Crippen LogP contribution in [0.15, 0.2) is 0 Å². The Balaban J connectivity index is 2.02. The van der Waals surface area contributed by atoms with Crippen molar-refractivity contribution in [1.29, 1.82) is 0 Å². The summed E-state index contributed by atoms with van der Waals surface area (Å²) in [5.41, 5.74) is 4.02. The largest absolute Gasteiger partial charge is 0.341 e. The van der Waals surface area contributed by atoms with Crippen molar-refractivity contribution in [2.45, 2.75) is 52.0 Å². The number of hydrogen-bond acceptors (Lipinski definition) is 4. The van der Waals surface area contributed by atoms with Gasteiger partial charge in [-0.3, -0.25) is 0 Å². The molecule has 0 radical (unpaired) electrons. The van der Waals surface area contributed by atoms with Crippen LogP contribution < -0.4 is 10.2 Å². The molecule has 1 aliphatic carbocycles. The fourth-order valence-corrected chi connectivity index (χ4v) is 3.02. The molecule has 104 valence electrons. The molecule has 0 aromatic carbocycles. The lowest BCUT2D eigenvalue weighted by atomic mass is 9.80. The molecule has 2 heterocycles. The summed E-state index contributed by atoms with van der Waals surface area (Å²) in [5.74, 6) is 1.64. The maximum absolute atomic E-state index is 4.92. The molecular formula is C15H24N4. The van der Waals surface area contributed by atoms with E-state index in [2.05, 4.69) is 24.1 Å². The second kappa shape index (κ2) is 5.45. The molecule has 1 aromatic heterocycles. The van der Waals surface area contributed by atoms with Crippen LogP contribution in [0.2, 0.25) is 0 Å². The molecular weight excluding hydrogens is 236 g/mol. The number of aromatic nitrogens is 2. The summed E-state index contributed by atoms with van der Waals surface area (Å²) >= 11 is 0. The van der Waals surface area contributed by atoms with Gasteiger partial charge in [-0.15, -0.1) is 0 Å². The summed E-state index contributed by atoms with van der Waals surface area (Å²) < 4.78 is 0. The van der Waals surface area contributed by atoms with Crippen molar-refractivity contribution in [3.05, 3.63) is 17.0 Å². The predicted octanol–water partition coefficient (Wildman–Crippen LogP) is 2.24. The molecule has 0 spiro atoms. The summed E-state index contributed by atoms with van der Waals surface area (Å²) in [6.07, 6.45) is 5.02. The molecule has 0 saturated heterocycles. The first kappa shape index (κ1) is 12.9. The lowest BCUT2D eigenvalue weighted by Crippen LogP contribution is -2.31. The highest BCUT2D eigenvalue weighted by Gasteiger charge is 2.28. The quantitative estimate of drug-likeness (QED) is 0.901. The van der Waals surface area contributed by atoms with E-state index in [0.29, 0.717) is 5.92 Å². The first-order chi connectivity index (χ1) is 9.33. The number of anilines is 1. The van der Waals surface area contributed by atoms with Crippen LogP contribution in [0.3, 0.4) is 0 Å². The fraction of sp³-hybridized carbons (Fsp3) is 0.733. The zero-order chi connectivity index (χ0) is 13.2. The van der Waals surface area contributed by atoms with Crippen molar-refractivity contribution in [3.63, 3.8) is 0 Å². The smallest absolute Gasteiger partial charge is 0.225 e. The summed E-state index contributed by atoms with van der Waals surface area (Å²) in [4.78, 5) is 12.0. The topological polar surface area (TPSA) is 41.1 Å². The van der Waals surface area contributed by atoms with Gasteiger partial charge in [-0.25, -0.2) is 9.97 Å². The summed E-state index contributed by atoms with van der Waals surface area (Å²) in [7, 11) is 0. The average molecular weight is 260 g/mol. The average Bonchev–Trinajstić information content (AvgIpc) is 2.38. The van der Waals surface area contributed by atoms with Crippen molar-refractivity contribution in [2.24, 2.45) is 0 Å². The summed E-state index contributed by atoms with van der Waals surface area (Å²) in [6.45, 7) is 8.33. The minimum atomic E-state index is 0.686. The minimum absolute atomic E-state index is 0.686. The van der Waals surface area contributed by atoms with Crippen molar-refractivity contribution >= 4 is 5.95 Å². The van der Waals surface area contributed by atoms with Gasteiger partial charge >= 0.3 is 0 Å². The van der Waals surface area contributed by atoms with E-state index in [1.807, 2.05) is 0 Å². The Bertz CT molecular complexity index is 450. The molecule has 1 saturated carbocycles. The Kier molecular flexibility index (Phi) is 3.69. The molecule has 2 aliphatic rings. The maximum atomic E-state index is 4.92. The van der Waals surface area contributed by atoms with Crippen LogP contribution in [-0.2, 0) is 13.0 Å². The number of rotatable bonds is 4. The third-order valence-corrected chi connectivity index (χ3v) is 4.49. The van der Waals surface area contributed by atoms with Gasteiger partial charge in [-0.05, 0) is 26.7 Å². The van der Waals surface area contributed by atoms with E-state index < -0.39 is 0 Å². The van der Waals surface area contributed by atoms with Crippen LogP contribution in [0.4, 0.5) is 5.95 Å². The van der Waals surface area contributed by atoms with Gasteiger partial charge in [-0.2, -0.15) is 0 Å². The zero-order valence-corrected chi connectivity index (χ0v) is 12.1. The van der Waals surface area contributed by atoms with Crippen molar-refractivity contribution in [3.8, 4) is 0 Å². The van der Waals surface area contributed by atoms with E-state index in [0.717, 1.165) is 38.5 Å². The lowest BCUT2D eigenvalue weighted by molar-refractivity contribution is 0.404. The highest BCUT2D eigenvalue weighted by molar-refractivity contribution is 5.40. The molecule has 1 aliphatic heterocycles. The Morgan fingerprint density at radius 1 is 1.21 bits per heavy atom. The van der Waals surface area contributed by atoms with Crippen LogP contribution in [0.25, 0.3) is 0 Å². The highest BCUT2D eigenvalue weighted by atomic mass is 15.2. The van der Waals surface area contributed by atoms with Gasteiger partial charge in [0.1, 0.15) is 0 Å². The molecule has 0 bridgehead atoms. The highest BCUT2D eigenvalue weighted by Crippen LogP contribution is 2.38. The molecule has 0 amide bonds. The van der Waals surface area contributed by atoms with E-state index >= 15 is 0 Å². The van der Waals surface area contributed by atoms with Gasteiger partial charge in [0.15, 0.2) is 0 Å². The van der Waals surface area contributed by atoms with Crippen LogP contribution >= 0.6 is 0 Å². The van der Waals surface area contributed by atoms with Gasteiger partial charge in [0.2, 0.25) is 5.95 Å². The first-order valence-electron chi connectivity index (χ1n) is 7.68. The number of hydrogen-bond donors (Lipinski definition) is 1. The van der Waals surface area contributed by atoms with Crippen LogP contribution in [0.1, 0.15) is 56.0 Å². The second-order valence-corrected chi connectivity index (χ2v) is 5.56. The molecule has 4 nitrogen and oxygen atoms in total. The van der Waals surface area contributed by atoms with E-state index in [1.54, 1.807) is 0 Å². The molecule has 3 rings (SSSR count). The molecule has 0 atom stereocenters. The maximum Gasteiger partial charge on any atom is 0.225 e. The molecule has 4 heteroatoms. The van der Waals surface area contributed by atoms with Crippen molar-refractivity contribution in [1.82, 2.24) is 15.3 Å². The second-order valence-electron chi connectivity index (χ2n) is 5.56. The monoisotopic (exact) mass is 260 g/mol. The van der Waals surface area contributed by atoms with Crippen molar-refractivity contribution < 1.29 is 0 Å². The Morgan fingerprint density at radius 3 is 2.63 bits per heavy atom. The molecule has 0 unspecified atom stereocenters. The molecule has 19 heavy (non-hydrogen) atoms. The van der Waals surface area contributed by atoms with E-state index in [-0.39, 0.29) is 0 Å². The Labute approximate surface area is 115 Å². The van der Waals surface area contributed by atoms with Crippen LogP contribution in [0.5, 0.6) is 0 Å². The van der Waals surface area contributed by atoms with Crippen LogP contribution in [0, 0.1) is 0 Å². The number of nitrogens with zero attached hydrogens (tertiary/aromatic N) is 3. The van der Waals surface area contributed by atoms with Crippen molar-refractivity contribution in [2.75, 3.05) is 24.5 Å². The van der Waals surface area contributed by atoms with Gasteiger partial charge in [0.05, 0.1) is 11.4 Å². The lowest BCUT2D eigenvalue weighted by Gasteiger charge is -2.31. The van der Waals surface area contributed by atoms with Gasteiger partial charge in [-0.1, -0.05) is 6.42 Å². The third-order valence-electron chi connectivity index (χ3n) is 4.49. The summed E-state index contributed by atoms with van der Waals surface area (Å²) in [6, 6.07) is 0. The van der Waals surface area contributed by atoms with Gasteiger partial charge in [0.25, 0.3) is 0 Å². The zero-order valence-electron chi connectivity index (χ0n) is 12.1. The van der Waals surface area contributed by atoms with E-state index in [9.17, 15) is 0 Å².